The zero-order valence-corrected chi connectivity index (χ0v) is 15.4. The SMILES string of the molecule is CCOc1ccccc1C(=O)OCc1csc(-c2ccc(OC)cc2)n1. The van der Waals surface area contributed by atoms with E-state index >= 15 is 0 Å². The van der Waals surface area contributed by atoms with Crippen LogP contribution >= 0.6 is 11.3 Å². The van der Waals surface area contributed by atoms with E-state index in [2.05, 4.69) is 4.98 Å². The van der Waals surface area contributed by atoms with Gasteiger partial charge in [-0.05, 0) is 43.3 Å². The van der Waals surface area contributed by atoms with Crippen LogP contribution in [0.3, 0.4) is 0 Å². The molecular formula is C20H19NO4S. The molecule has 0 unspecified atom stereocenters. The fourth-order valence-corrected chi connectivity index (χ4v) is 3.18. The Morgan fingerprint density at radius 3 is 2.62 bits per heavy atom. The van der Waals surface area contributed by atoms with Gasteiger partial charge in [-0.15, -0.1) is 11.3 Å². The normalized spacial score (nSPS) is 10.4. The second-order valence-corrected chi connectivity index (χ2v) is 6.24. The van der Waals surface area contributed by atoms with Crippen LogP contribution in [0.25, 0.3) is 10.6 Å². The molecule has 6 heteroatoms. The number of methoxy groups -OCH3 is 1. The molecule has 1 heterocycles. The number of rotatable bonds is 7. The van der Waals surface area contributed by atoms with Crippen LogP contribution in [-0.2, 0) is 11.3 Å². The number of carbonyl (C=O) groups excluding carboxylic acids is 1. The van der Waals surface area contributed by atoms with E-state index in [1.54, 1.807) is 25.3 Å². The standard InChI is InChI=1S/C20H19NO4S/c1-3-24-18-7-5-4-6-17(18)20(22)25-12-15-13-26-19(21-15)14-8-10-16(23-2)11-9-14/h4-11,13H,3,12H2,1-2H3. The molecule has 5 nitrogen and oxygen atoms in total. The van der Waals surface area contributed by atoms with Gasteiger partial charge >= 0.3 is 5.97 Å². The van der Waals surface area contributed by atoms with Crippen molar-refractivity contribution in [1.29, 1.82) is 0 Å². The topological polar surface area (TPSA) is 57.7 Å². The molecule has 3 rings (SSSR count). The quantitative estimate of drug-likeness (QED) is 0.571. The Bertz CT molecular complexity index is 874. The number of hydrogen-bond acceptors (Lipinski definition) is 6. The molecule has 0 bridgehead atoms. The van der Waals surface area contributed by atoms with Crippen LogP contribution in [0.2, 0.25) is 0 Å². The molecule has 0 saturated carbocycles. The average Bonchev–Trinajstić information content (AvgIpc) is 3.16. The van der Waals surface area contributed by atoms with Gasteiger partial charge in [0.05, 0.1) is 19.4 Å². The molecule has 134 valence electrons. The number of para-hydroxylation sites is 1. The first kappa shape index (κ1) is 17.9. The molecule has 0 saturated heterocycles. The van der Waals surface area contributed by atoms with Crippen LogP contribution < -0.4 is 9.47 Å². The van der Waals surface area contributed by atoms with Crippen molar-refractivity contribution in [2.75, 3.05) is 13.7 Å². The van der Waals surface area contributed by atoms with E-state index in [0.717, 1.165) is 16.3 Å². The summed E-state index contributed by atoms with van der Waals surface area (Å²) in [4.78, 5) is 16.9. The van der Waals surface area contributed by atoms with Crippen LogP contribution in [0.1, 0.15) is 23.0 Å². The molecule has 26 heavy (non-hydrogen) atoms. The van der Waals surface area contributed by atoms with E-state index in [0.29, 0.717) is 23.6 Å². The third-order valence-electron chi connectivity index (χ3n) is 3.65. The largest absolute Gasteiger partial charge is 0.497 e. The van der Waals surface area contributed by atoms with Gasteiger partial charge in [-0.1, -0.05) is 12.1 Å². The van der Waals surface area contributed by atoms with Crippen molar-refractivity contribution in [2.45, 2.75) is 13.5 Å². The summed E-state index contributed by atoms with van der Waals surface area (Å²) in [5.74, 6) is 0.901. The van der Waals surface area contributed by atoms with Crippen molar-refractivity contribution in [2.24, 2.45) is 0 Å². The minimum Gasteiger partial charge on any atom is -0.497 e. The zero-order chi connectivity index (χ0) is 18.4. The monoisotopic (exact) mass is 369 g/mol. The lowest BCUT2D eigenvalue weighted by atomic mass is 10.2. The van der Waals surface area contributed by atoms with Crippen LogP contribution in [0, 0.1) is 0 Å². The van der Waals surface area contributed by atoms with E-state index in [9.17, 15) is 4.79 Å². The fourth-order valence-electron chi connectivity index (χ4n) is 2.37. The Morgan fingerprint density at radius 1 is 1.12 bits per heavy atom. The molecule has 0 aliphatic heterocycles. The Kier molecular flexibility index (Phi) is 5.86. The number of nitrogens with zero attached hydrogens (tertiary/aromatic N) is 1. The molecule has 0 N–H and O–H groups in total. The zero-order valence-electron chi connectivity index (χ0n) is 14.6. The summed E-state index contributed by atoms with van der Waals surface area (Å²) in [6.07, 6.45) is 0. The van der Waals surface area contributed by atoms with E-state index < -0.39 is 5.97 Å². The second-order valence-electron chi connectivity index (χ2n) is 5.38. The summed E-state index contributed by atoms with van der Waals surface area (Å²) in [7, 11) is 1.63. The summed E-state index contributed by atoms with van der Waals surface area (Å²) in [5.41, 5.74) is 2.12. The summed E-state index contributed by atoms with van der Waals surface area (Å²) in [6, 6.07) is 14.7. The lowest BCUT2D eigenvalue weighted by Gasteiger charge is -2.09. The maximum absolute atomic E-state index is 12.3. The van der Waals surface area contributed by atoms with Gasteiger partial charge in [0.25, 0.3) is 0 Å². The Morgan fingerprint density at radius 2 is 1.88 bits per heavy atom. The van der Waals surface area contributed by atoms with Gasteiger partial charge in [0.15, 0.2) is 0 Å². The molecule has 0 atom stereocenters. The highest BCUT2D eigenvalue weighted by Gasteiger charge is 2.14. The third kappa shape index (κ3) is 4.21. The summed E-state index contributed by atoms with van der Waals surface area (Å²) in [6.45, 7) is 2.48. The number of thiazole rings is 1. The number of esters is 1. The van der Waals surface area contributed by atoms with Gasteiger partial charge < -0.3 is 14.2 Å². The van der Waals surface area contributed by atoms with Crippen LogP contribution in [0.5, 0.6) is 11.5 Å². The van der Waals surface area contributed by atoms with Crippen molar-refractivity contribution in [1.82, 2.24) is 4.98 Å². The molecule has 1 aromatic heterocycles. The number of ether oxygens (including phenoxy) is 3. The number of hydrogen-bond donors (Lipinski definition) is 0. The third-order valence-corrected chi connectivity index (χ3v) is 4.59. The van der Waals surface area contributed by atoms with Crippen molar-refractivity contribution in [3.63, 3.8) is 0 Å². The molecular weight excluding hydrogens is 350 g/mol. The first-order valence-corrected chi connectivity index (χ1v) is 9.07. The van der Waals surface area contributed by atoms with Gasteiger partial charge in [-0.2, -0.15) is 0 Å². The molecule has 0 aliphatic carbocycles. The summed E-state index contributed by atoms with van der Waals surface area (Å²) in [5, 5.41) is 2.76. The predicted molar refractivity (Wildman–Crippen MR) is 101 cm³/mol. The highest BCUT2D eigenvalue weighted by atomic mass is 32.1. The molecule has 0 amide bonds. The first-order chi connectivity index (χ1) is 12.7. The Balaban J connectivity index is 1.65. The number of carbonyl (C=O) groups is 1. The minimum absolute atomic E-state index is 0.117. The molecule has 0 aliphatic rings. The van der Waals surface area contributed by atoms with Crippen LogP contribution in [0.4, 0.5) is 0 Å². The van der Waals surface area contributed by atoms with Crippen LogP contribution in [0.15, 0.2) is 53.9 Å². The molecule has 0 fully saturated rings. The van der Waals surface area contributed by atoms with Crippen molar-refractivity contribution >= 4 is 17.3 Å². The van der Waals surface area contributed by atoms with Crippen molar-refractivity contribution in [3.8, 4) is 22.1 Å². The average molecular weight is 369 g/mol. The van der Waals surface area contributed by atoms with E-state index in [1.165, 1.54) is 11.3 Å². The fraction of sp³-hybridized carbons (Fsp3) is 0.200. The van der Waals surface area contributed by atoms with Gasteiger partial charge in [0.2, 0.25) is 0 Å². The molecule has 2 aromatic carbocycles. The van der Waals surface area contributed by atoms with Crippen LogP contribution in [-0.4, -0.2) is 24.7 Å². The Hall–Kier alpha value is -2.86. The lowest BCUT2D eigenvalue weighted by molar-refractivity contribution is 0.0464. The molecule has 0 spiro atoms. The highest BCUT2D eigenvalue weighted by molar-refractivity contribution is 7.13. The van der Waals surface area contributed by atoms with E-state index in [-0.39, 0.29) is 6.61 Å². The van der Waals surface area contributed by atoms with E-state index in [1.807, 2.05) is 42.6 Å². The number of benzene rings is 2. The van der Waals surface area contributed by atoms with Crippen molar-refractivity contribution < 1.29 is 19.0 Å². The maximum atomic E-state index is 12.3. The van der Waals surface area contributed by atoms with Gasteiger partial charge in [-0.3, -0.25) is 0 Å². The summed E-state index contributed by atoms with van der Waals surface area (Å²) >= 11 is 1.51. The molecule has 3 aromatic rings. The predicted octanol–water partition coefficient (Wildman–Crippen LogP) is 4.57. The first-order valence-electron chi connectivity index (χ1n) is 8.19. The second kappa shape index (κ2) is 8.49. The number of aromatic nitrogens is 1. The highest BCUT2D eigenvalue weighted by Crippen LogP contribution is 2.26. The van der Waals surface area contributed by atoms with E-state index in [4.69, 9.17) is 14.2 Å². The van der Waals surface area contributed by atoms with Gasteiger partial charge in [-0.25, -0.2) is 9.78 Å². The molecule has 0 radical (unpaired) electrons. The van der Waals surface area contributed by atoms with Gasteiger partial charge in [0, 0.05) is 10.9 Å². The maximum Gasteiger partial charge on any atom is 0.342 e. The smallest absolute Gasteiger partial charge is 0.342 e. The summed E-state index contributed by atoms with van der Waals surface area (Å²) < 4.78 is 16.0. The minimum atomic E-state index is -0.423. The van der Waals surface area contributed by atoms with Crippen molar-refractivity contribution in [3.05, 3.63) is 65.2 Å². The lowest BCUT2D eigenvalue weighted by Crippen LogP contribution is -2.08. The van der Waals surface area contributed by atoms with Gasteiger partial charge in [0.1, 0.15) is 28.7 Å². The Labute approximate surface area is 156 Å².